The number of aliphatic hydroxyl groups is 1. The first-order chi connectivity index (χ1) is 28.0. The zero-order chi connectivity index (χ0) is 43.7. The summed E-state index contributed by atoms with van der Waals surface area (Å²) < 4.78 is 40.4. The van der Waals surface area contributed by atoms with Gasteiger partial charge in [-0.05, 0) is 81.9 Å². The fraction of sp³-hybridized carbons (Fsp3) is 0.717. The van der Waals surface area contributed by atoms with Crippen molar-refractivity contribution in [1.82, 2.24) is 0 Å². The highest BCUT2D eigenvalue weighted by atomic mass is 31.2. The van der Waals surface area contributed by atoms with Gasteiger partial charge in [-0.15, -0.1) is 0 Å². The number of aryl methyl sites for hydroxylation is 2. The Hall–Kier alpha value is -2.86. The molecule has 0 aliphatic heterocycles. The molecule has 1 unspecified atom stereocenters. The Bertz CT molecular complexity index is 1520. The molecular formula is C46H77NO11P+. The highest BCUT2D eigenvalue weighted by Crippen LogP contribution is 2.43. The maximum absolute atomic E-state index is 12.8. The number of quaternary nitrogens is 1. The van der Waals surface area contributed by atoms with Crippen molar-refractivity contribution in [2.45, 2.75) is 155 Å². The number of carbonyl (C=O) groups is 3. The second-order valence-corrected chi connectivity index (χ2v) is 18.4. The van der Waals surface area contributed by atoms with Crippen molar-refractivity contribution >= 4 is 25.5 Å². The summed E-state index contributed by atoms with van der Waals surface area (Å²) in [5.74, 6) is 1.01. The minimum atomic E-state index is -4.44. The second kappa shape index (κ2) is 28.6. The van der Waals surface area contributed by atoms with E-state index >= 15 is 0 Å². The van der Waals surface area contributed by atoms with Crippen molar-refractivity contribution in [2.75, 3.05) is 47.5 Å². The van der Waals surface area contributed by atoms with Gasteiger partial charge in [0.25, 0.3) is 0 Å². The average molecular weight is 851 g/mol. The standard InChI is InChI=1S/C46H76NO11P/c1-8-10-17-24-39(48)29-30-41-38(28-31-42(41)49)23-18-15-16-20-26-45(50)54-34-40(35-56-59(52,53)55-33-32-47(5,6)7)57-46(51)27-21-14-12-11-13-19-25-44-37(4)36(3)43(58-44)22-9-2/h15,18,28-31,38-41,48H,8-14,16-17,19-27,32-35H2,1-7H3/p+1/b18-15-,30-29+/t38-,39-,40+,41+/m0/s1. The lowest BCUT2D eigenvalue weighted by Gasteiger charge is -2.24. The van der Waals surface area contributed by atoms with Gasteiger partial charge in [-0.1, -0.05) is 89.2 Å². The van der Waals surface area contributed by atoms with Crippen LogP contribution in [-0.2, 0) is 50.3 Å². The van der Waals surface area contributed by atoms with Gasteiger partial charge in [-0.2, -0.15) is 0 Å². The van der Waals surface area contributed by atoms with Gasteiger partial charge in [0.2, 0.25) is 0 Å². The van der Waals surface area contributed by atoms with Gasteiger partial charge in [-0.25, -0.2) is 4.57 Å². The normalized spacial score (nSPS) is 17.9. The summed E-state index contributed by atoms with van der Waals surface area (Å²) in [5, 5.41) is 10.2. The number of ether oxygens (including phenoxy) is 2. The summed E-state index contributed by atoms with van der Waals surface area (Å²) in [4.78, 5) is 48.0. The quantitative estimate of drug-likeness (QED) is 0.0228. The Balaban J connectivity index is 1.76. The van der Waals surface area contributed by atoms with Crippen molar-refractivity contribution in [1.29, 1.82) is 0 Å². The van der Waals surface area contributed by atoms with Crippen LogP contribution < -0.4 is 0 Å². The van der Waals surface area contributed by atoms with E-state index in [1.807, 2.05) is 45.4 Å². The van der Waals surface area contributed by atoms with Crippen LogP contribution in [0.2, 0.25) is 0 Å². The van der Waals surface area contributed by atoms with Crippen molar-refractivity contribution < 1.29 is 56.4 Å². The lowest BCUT2D eigenvalue weighted by molar-refractivity contribution is -0.870. The van der Waals surface area contributed by atoms with Crippen molar-refractivity contribution in [3.05, 3.63) is 59.1 Å². The number of unbranched alkanes of at least 4 members (excludes halogenated alkanes) is 8. The van der Waals surface area contributed by atoms with E-state index in [2.05, 4.69) is 27.7 Å². The van der Waals surface area contributed by atoms with Crippen LogP contribution in [0.1, 0.15) is 139 Å². The number of furan rings is 1. The van der Waals surface area contributed by atoms with Gasteiger partial charge < -0.3 is 28.4 Å². The van der Waals surface area contributed by atoms with Gasteiger partial charge in [0.05, 0.1) is 33.9 Å². The van der Waals surface area contributed by atoms with E-state index in [-0.39, 0.29) is 43.7 Å². The SMILES string of the molecule is CCCCC[C@H](O)/C=C/[C@H]1C(=O)C=C[C@@H]1C/C=C\CCCC(=O)OC[C@H](COP(=O)(O)OCC[N+](C)(C)C)OC(=O)CCCCCCCCc1oc(CCC)c(C)c1C. The Morgan fingerprint density at radius 1 is 0.864 bits per heavy atom. The molecule has 5 atom stereocenters. The first-order valence-electron chi connectivity index (χ1n) is 22.1. The van der Waals surface area contributed by atoms with Crippen LogP contribution in [0.4, 0.5) is 0 Å². The van der Waals surface area contributed by atoms with E-state index in [9.17, 15) is 28.9 Å². The summed E-state index contributed by atoms with van der Waals surface area (Å²) in [6.07, 6.45) is 24.0. The van der Waals surface area contributed by atoms with Crippen LogP contribution in [0, 0.1) is 25.7 Å². The molecule has 0 aromatic carbocycles. The van der Waals surface area contributed by atoms with E-state index in [1.165, 1.54) is 11.1 Å². The molecular weight excluding hydrogens is 773 g/mol. The molecule has 0 saturated heterocycles. The molecule has 1 aromatic rings. The zero-order valence-electron chi connectivity index (χ0n) is 37.3. The van der Waals surface area contributed by atoms with E-state index in [0.717, 1.165) is 82.1 Å². The molecule has 1 aromatic heterocycles. The number of allylic oxidation sites excluding steroid dienone is 5. The molecule has 0 radical (unpaired) electrons. The number of hydrogen-bond acceptors (Lipinski definition) is 10. The van der Waals surface area contributed by atoms with Crippen molar-refractivity contribution in [2.24, 2.45) is 11.8 Å². The summed E-state index contributed by atoms with van der Waals surface area (Å²) >= 11 is 0. The maximum Gasteiger partial charge on any atom is 0.472 e. The topological polar surface area (TPSA) is 159 Å². The third-order valence-corrected chi connectivity index (χ3v) is 11.6. The summed E-state index contributed by atoms with van der Waals surface area (Å²) in [5.41, 5.74) is 2.54. The van der Waals surface area contributed by atoms with Crippen LogP contribution in [0.5, 0.6) is 0 Å². The molecule has 13 heteroatoms. The molecule has 2 N–H and O–H groups in total. The van der Waals surface area contributed by atoms with Crippen LogP contribution in [0.3, 0.4) is 0 Å². The minimum Gasteiger partial charge on any atom is -0.466 e. The predicted molar refractivity (Wildman–Crippen MR) is 232 cm³/mol. The highest BCUT2D eigenvalue weighted by molar-refractivity contribution is 7.47. The van der Waals surface area contributed by atoms with Gasteiger partial charge in [-0.3, -0.25) is 23.4 Å². The molecule has 0 amide bonds. The third kappa shape index (κ3) is 23.1. The second-order valence-electron chi connectivity index (χ2n) is 17.0. The molecule has 0 fully saturated rings. The fourth-order valence-corrected chi connectivity index (χ4v) is 7.50. The maximum atomic E-state index is 12.8. The molecule has 12 nitrogen and oxygen atoms in total. The Morgan fingerprint density at radius 2 is 1.54 bits per heavy atom. The molecule has 0 bridgehead atoms. The smallest absolute Gasteiger partial charge is 0.466 e. The number of aliphatic hydroxyl groups excluding tert-OH is 1. The lowest BCUT2D eigenvalue weighted by atomic mass is 9.90. The largest absolute Gasteiger partial charge is 0.472 e. The molecule has 1 heterocycles. The van der Waals surface area contributed by atoms with E-state index in [1.54, 1.807) is 12.2 Å². The number of ketones is 1. The number of phosphoric ester groups is 1. The molecule has 336 valence electrons. The Labute approximate surface area is 355 Å². The average Bonchev–Trinajstić information content (AvgIpc) is 3.66. The molecule has 59 heavy (non-hydrogen) atoms. The number of rotatable bonds is 33. The monoisotopic (exact) mass is 851 g/mol. The van der Waals surface area contributed by atoms with E-state index in [4.69, 9.17) is 22.9 Å². The predicted octanol–water partition coefficient (Wildman–Crippen LogP) is 9.40. The van der Waals surface area contributed by atoms with Crippen LogP contribution in [0.15, 0.2) is 40.9 Å². The number of likely N-dealkylation sites (N-methyl/N-ethyl adjacent to an activating group) is 1. The Morgan fingerprint density at radius 3 is 2.24 bits per heavy atom. The number of hydrogen-bond donors (Lipinski definition) is 2. The van der Waals surface area contributed by atoms with Crippen molar-refractivity contribution in [3.8, 4) is 0 Å². The summed E-state index contributed by atoms with van der Waals surface area (Å²) in [6.45, 7) is 8.22. The molecule has 1 aliphatic carbocycles. The number of carbonyl (C=O) groups excluding carboxylic acids is 3. The third-order valence-electron chi connectivity index (χ3n) is 10.6. The minimum absolute atomic E-state index is 0.0103. The first-order valence-corrected chi connectivity index (χ1v) is 23.6. The van der Waals surface area contributed by atoms with Gasteiger partial charge in [0.1, 0.15) is 31.3 Å². The van der Waals surface area contributed by atoms with Gasteiger partial charge >= 0.3 is 19.8 Å². The molecule has 2 rings (SSSR count). The summed E-state index contributed by atoms with van der Waals surface area (Å²) in [6, 6.07) is 0. The number of nitrogens with zero attached hydrogens (tertiary/aromatic N) is 1. The fourth-order valence-electron chi connectivity index (χ4n) is 6.76. The number of esters is 2. The molecule has 0 spiro atoms. The van der Waals surface area contributed by atoms with Crippen molar-refractivity contribution in [3.63, 3.8) is 0 Å². The van der Waals surface area contributed by atoms with Gasteiger partial charge in [0.15, 0.2) is 11.9 Å². The van der Waals surface area contributed by atoms with Crippen LogP contribution in [-0.4, -0.2) is 91.9 Å². The van der Waals surface area contributed by atoms with Crippen LogP contribution >= 0.6 is 7.82 Å². The molecule has 1 aliphatic rings. The molecule has 0 saturated carbocycles. The van der Waals surface area contributed by atoms with E-state index in [0.29, 0.717) is 43.1 Å². The highest BCUT2D eigenvalue weighted by Gasteiger charge is 2.28. The summed E-state index contributed by atoms with van der Waals surface area (Å²) in [7, 11) is 1.33. The van der Waals surface area contributed by atoms with E-state index < -0.39 is 38.6 Å². The zero-order valence-corrected chi connectivity index (χ0v) is 38.2. The van der Waals surface area contributed by atoms with Gasteiger partial charge in [0, 0.05) is 31.6 Å². The first kappa shape index (κ1) is 52.3. The van der Waals surface area contributed by atoms with Crippen LogP contribution in [0.25, 0.3) is 0 Å². The lowest BCUT2D eigenvalue weighted by Crippen LogP contribution is -2.37. The Kier molecular flexibility index (Phi) is 25.4. The number of phosphoric acid groups is 1.